The standard InChI is InChI=1S/C27H32ClN2O12P/c1-12-10-30(25(32)29-22(12)31)23-20-17(37-26(2,3)38-20)15(35-23)11-34-43(33)41-16(13-6-8-14(28)9-7-13)18-19(42-43)21-24(36-18)40-27(4,5)39-21/h6-10,15-21,23-24H,11H2,1-5H3,(H,29,31,32)/t15-,16-,17-,18-,19+,20-,21-,23-,24-,43-/m1/s1. The summed E-state index contributed by atoms with van der Waals surface area (Å²) in [7, 11) is -4.29. The fourth-order valence-corrected chi connectivity index (χ4v) is 7.85. The Balaban J connectivity index is 1.15. The molecular weight excluding hydrogens is 611 g/mol. The van der Waals surface area contributed by atoms with Gasteiger partial charge in [0.2, 0.25) is 0 Å². The highest BCUT2D eigenvalue weighted by molar-refractivity contribution is 7.48. The van der Waals surface area contributed by atoms with Crippen molar-refractivity contribution in [3.63, 3.8) is 0 Å². The number of halogens is 1. The summed E-state index contributed by atoms with van der Waals surface area (Å²) in [6.07, 6.45) is -5.71. The van der Waals surface area contributed by atoms with Gasteiger partial charge in [0, 0.05) is 16.8 Å². The van der Waals surface area contributed by atoms with Gasteiger partial charge in [-0.3, -0.25) is 27.9 Å². The molecule has 0 bridgehead atoms. The molecule has 0 spiro atoms. The molecule has 10 atom stereocenters. The molecule has 43 heavy (non-hydrogen) atoms. The topological polar surface area (TPSA) is 155 Å². The van der Waals surface area contributed by atoms with Crippen LogP contribution >= 0.6 is 19.4 Å². The van der Waals surface area contributed by atoms with Gasteiger partial charge in [0.1, 0.15) is 42.7 Å². The molecule has 7 rings (SSSR count). The van der Waals surface area contributed by atoms with Crippen LogP contribution in [0.1, 0.15) is 51.2 Å². The first-order chi connectivity index (χ1) is 20.2. The van der Waals surface area contributed by atoms with Gasteiger partial charge in [-0.15, -0.1) is 0 Å². The average Bonchev–Trinajstić information content (AvgIpc) is 3.61. The monoisotopic (exact) mass is 642 g/mol. The summed E-state index contributed by atoms with van der Waals surface area (Å²) in [5.41, 5.74) is -0.219. The highest BCUT2D eigenvalue weighted by Gasteiger charge is 2.63. The fraction of sp³-hybridized carbons (Fsp3) is 0.630. The molecule has 5 aliphatic rings. The number of phosphoric acid groups is 1. The van der Waals surface area contributed by atoms with Crippen molar-refractivity contribution >= 4 is 19.4 Å². The molecule has 0 aliphatic carbocycles. The maximum atomic E-state index is 14.2. The molecule has 6 heterocycles. The molecule has 14 nitrogen and oxygen atoms in total. The number of ether oxygens (including phenoxy) is 6. The lowest BCUT2D eigenvalue weighted by atomic mass is 9.99. The number of hydrogen-bond acceptors (Lipinski definition) is 12. The van der Waals surface area contributed by atoms with Crippen molar-refractivity contribution in [3.8, 4) is 0 Å². The average molecular weight is 643 g/mol. The molecule has 234 valence electrons. The number of H-pyrrole nitrogens is 1. The highest BCUT2D eigenvalue weighted by atomic mass is 35.5. The predicted molar refractivity (Wildman–Crippen MR) is 146 cm³/mol. The van der Waals surface area contributed by atoms with E-state index in [1.54, 1.807) is 58.9 Å². The van der Waals surface area contributed by atoms with Crippen molar-refractivity contribution < 1.29 is 46.6 Å². The normalized spacial score (nSPS) is 40.7. The number of phosphoric ester groups is 1. The summed E-state index contributed by atoms with van der Waals surface area (Å²) in [4.78, 5) is 26.9. The maximum Gasteiger partial charge on any atom is 0.476 e. The van der Waals surface area contributed by atoms with E-state index in [4.69, 9.17) is 53.6 Å². The SMILES string of the molecule is Cc1cn([C@@H]2O[C@H](CO[P@@]3(=O)O[C@@H]4[C@H]5OC(C)(C)O[C@H]5O[C@@H]4[C@@H](c4ccc(Cl)cc4)O3)[C@H]3OC(C)(C)O[C@H]32)c(=O)[nH]c1=O. The Bertz CT molecular complexity index is 1580. The molecule has 1 aromatic heterocycles. The number of aryl methyl sites for hydroxylation is 1. The number of benzene rings is 1. The molecule has 1 aromatic carbocycles. The Morgan fingerprint density at radius 1 is 0.907 bits per heavy atom. The van der Waals surface area contributed by atoms with Gasteiger partial charge >= 0.3 is 13.5 Å². The Labute approximate surface area is 251 Å². The Morgan fingerprint density at radius 2 is 1.58 bits per heavy atom. The van der Waals surface area contributed by atoms with Crippen LogP contribution in [0.2, 0.25) is 5.02 Å². The number of nitrogens with zero attached hydrogens (tertiary/aromatic N) is 1. The first kappa shape index (κ1) is 29.8. The Hall–Kier alpha value is -1.94. The van der Waals surface area contributed by atoms with Gasteiger partial charge < -0.3 is 28.4 Å². The number of fused-ring (bicyclic) bond motifs is 4. The van der Waals surface area contributed by atoms with Crippen molar-refractivity contribution in [1.29, 1.82) is 0 Å². The second-order valence-electron chi connectivity index (χ2n) is 12.1. The van der Waals surface area contributed by atoms with Gasteiger partial charge in [0.25, 0.3) is 5.56 Å². The van der Waals surface area contributed by atoms with Gasteiger partial charge in [0.05, 0.1) is 6.61 Å². The minimum absolute atomic E-state index is 0.298. The fourth-order valence-electron chi connectivity index (χ4n) is 6.16. The lowest BCUT2D eigenvalue weighted by Gasteiger charge is -2.38. The Morgan fingerprint density at radius 3 is 2.33 bits per heavy atom. The van der Waals surface area contributed by atoms with Crippen molar-refractivity contribution in [3.05, 3.63) is 67.4 Å². The lowest BCUT2D eigenvalue weighted by Crippen LogP contribution is -2.43. The first-order valence-electron chi connectivity index (χ1n) is 13.9. The number of hydrogen-bond donors (Lipinski definition) is 1. The summed E-state index contributed by atoms with van der Waals surface area (Å²) >= 11 is 6.11. The van der Waals surface area contributed by atoms with Crippen LogP contribution in [0.4, 0.5) is 0 Å². The maximum absolute atomic E-state index is 14.2. The van der Waals surface area contributed by atoms with E-state index < -0.39 is 85.9 Å². The van der Waals surface area contributed by atoms with Crippen LogP contribution in [0.15, 0.2) is 40.1 Å². The number of rotatable bonds is 5. The summed E-state index contributed by atoms with van der Waals surface area (Å²) < 4.78 is 69.7. The van der Waals surface area contributed by atoms with Crippen LogP contribution in [-0.4, -0.2) is 70.6 Å². The molecule has 5 saturated heterocycles. The van der Waals surface area contributed by atoms with Gasteiger partial charge in [-0.25, -0.2) is 9.36 Å². The zero-order chi connectivity index (χ0) is 30.5. The van der Waals surface area contributed by atoms with Gasteiger partial charge in [0.15, 0.2) is 24.1 Å². The van der Waals surface area contributed by atoms with Crippen LogP contribution < -0.4 is 11.2 Å². The van der Waals surface area contributed by atoms with Crippen molar-refractivity contribution in [2.24, 2.45) is 0 Å². The number of aromatic nitrogens is 2. The van der Waals surface area contributed by atoms with Crippen LogP contribution in [0.5, 0.6) is 0 Å². The van der Waals surface area contributed by atoms with E-state index in [0.717, 1.165) is 0 Å². The molecule has 5 fully saturated rings. The van der Waals surface area contributed by atoms with Crippen molar-refractivity contribution in [2.75, 3.05) is 6.61 Å². The van der Waals surface area contributed by atoms with Crippen LogP contribution in [0.25, 0.3) is 0 Å². The van der Waals surface area contributed by atoms with Crippen molar-refractivity contribution in [1.82, 2.24) is 9.55 Å². The molecule has 16 heteroatoms. The third-order valence-corrected chi connectivity index (χ3v) is 9.66. The molecule has 0 radical (unpaired) electrons. The third kappa shape index (κ3) is 5.36. The minimum atomic E-state index is -4.29. The van der Waals surface area contributed by atoms with E-state index in [1.165, 1.54) is 10.8 Å². The summed E-state index contributed by atoms with van der Waals surface area (Å²) in [6, 6.07) is 6.87. The molecular formula is C27H32ClN2O12P. The van der Waals surface area contributed by atoms with Crippen molar-refractivity contribution in [2.45, 2.75) is 101 Å². The molecule has 2 aromatic rings. The summed E-state index contributed by atoms with van der Waals surface area (Å²) in [5, 5.41) is 0.519. The quantitative estimate of drug-likeness (QED) is 0.477. The molecule has 0 unspecified atom stereocenters. The molecule has 0 amide bonds. The smallest absolute Gasteiger partial charge is 0.346 e. The summed E-state index contributed by atoms with van der Waals surface area (Å²) in [5.74, 6) is -1.94. The molecule has 5 aliphatic heterocycles. The first-order valence-corrected chi connectivity index (χ1v) is 15.8. The van der Waals surface area contributed by atoms with E-state index in [1.807, 2.05) is 0 Å². The zero-order valence-corrected chi connectivity index (χ0v) is 25.6. The van der Waals surface area contributed by atoms with Crippen LogP contribution in [-0.2, 0) is 46.6 Å². The van der Waals surface area contributed by atoms with E-state index in [-0.39, 0.29) is 6.61 Å². The molecule has 0 saturated carbocycles. The second kappa shape index (κ2) is 10.3. The Kier molecular flexibility index (Phi) is 7.12. The zero-order valence-electron chi connectivity index (χ0n) is 24.0. The number of aromatic amines is 1. The van der Waals surface area contributed by atoms with E-state index in [0.29, 0.717) is 16.1 Å². The van der Waals surface area contributed by atoms with E-state index >= 15 is 0 Å². The van der Waals surface area contributed by atoms with Gasteiger partial charge in [-0.2, -0.15) is 0 Å². The summed E-state index contributed by atoms with van der Waals surface area (Å²) in [6.45, 7) is 8.24. The largest absolute Gasteiger partial charge is 0.476 e. The highest BCUT2D eigenvalue weighted by Crippen LogP contribution is 2.63. The van der Waals surface area contributed by atoms with E-state index in [2.05, 4.69) is 4.98 Å². The van der Waals surface area contributed by atoms with Crippen LogP contribution in [0, 0.1) is 6.92 Å². The molecule has 1 N–H and O–H groups in total. The van der Waals surface area contributed by atoms with Gasteiger partial charge in [-0.05, 0) is 52.3 Å². The van der Waals surface area contributed by atoms with Gasteiger partial charge in [-0.1, -0.05) is 23.7 Å². The number of nitrogens with one attached hydrogen (secondary N) is 1. The predicted octanol–water partition coefficient (Wildman–Crippen LogP) is 3.07. The third-order valence-electron chi connectivity index (χ3n) is 7.96. The van der Waals surface area contributed by atoms with Crippen LogP contribution in [0.3, 0.4) is 0 Å². The lowest BCUT2D eigenvalue weighted by molar-refractivity contribution is -0.232. The minimum Gasteiger partial charge on any atom is -0.346 e. The van der Waals surface area contributed by atoms with E-state index in [9.17, 15) is 14.2 Å². The second-order valence-corrected chi connectivity index (χ2v) is 14.1.